The van der Waals surface area contributed by atoms with Crippen molar-refractivity contribution in [3.05, 3.63) is 33.2 Å². The third-order valence-corrected chi connectivity index (χ3v) is 0.620. The number of aromatic nitrogens is 1. The Bertz CT molecular complexity index is 325. The monoisotopic (exact) mass is 211 g/mol. The van der Waals surface area contributed by atoms with Crippen molar-refractivity contribution in [3.63, 3.8) is 0 Å². The fourth-order valence-electron chi connectivity index (χ4n) is 0.329. The Morgan fingerprint density at radius 2 is 1.92 bits per heavy atom. The molecular formula is C5H3Cl2NO4. The molecule has 1 N–H and O–H groups in total. The zero-order valence-corrected chi connectivity index (χ0v) is 7.06. The van der Waals surface area contributed by atoms with Gasteiger partial charge in [0, 0.05) is 6.07 Å². The van der Waals surface area contributed by atoms with E-state index in [-0.39, 0.29) is 0 Å². The second-order valence-electron chi connectivity index (χ2n) is 1.42. The highest BCUT2D eigenvalue weighted by atomic mass is 35.5. The smallest absolute Gasteiger partial charge is 0.418 e. The minimum absolute atomic E-state index is 0.443. The van der Waals surface area contributed by atoms with E-state index >= 15 is 0 Å². The van der Waals surface area contributed by atoms with Gasteiger partial charge in [0.2, 0.25) is 0 Å². The maximum Gasteiger partial charge on any atom is 0.418 e. The standard InChI is InChI=1S/C4H3NO3.CCl2O/c6-3-1-2-8-4(7)5-3;2-1(3)4/h1-2H,(H,5,6,7);. The van der Waals surface area contributed by atoms with Crippen LogP contribution >= 0.6 is 23.2 Å². The van der Waals surface area contributed by atoms with Crippen LogP contribution in [0.25, 0.3) is 0 Å². The van der Waals surface area contributed by atoms with E-state index in [4.69, 9.17) is 4.79 Å². The van der Waals surface area contributed by atoms with Crippen LogP contribution in [0.2, 0.25) is 0 Å². The molecule has 1 aromatic rings. The van der Waals surface area contributed by atoms with E-state index in [1.165, 1.54) is 0 Å². The van der Waals surface area contributed by atoms with E-state index < -0.39 is 16.0 Å². The summed E-state index contributed by atoms with van der Waals surface area (Å²) in [6.45, 7) is 0. The van der Waals surface area contributed by atoms with Crippen molar-refractivity contribution in [2.75, 3.05) is 0 Å². The van der Waals surface area contributed by atoms with Crippen LogP contribution in [-0.2, 0) is 0 Å². The summed E-state index contributed by atoms with van der Waals surface area (Å²) in [5.41, 5.74) is -0.443. The van der Waals surface area contributed by atoms with Gasteiger partial charge in [-0.3, -0.25) is 14.6 Å². The van der Waals surface area contributed by atoms with Crippen molar-refractivity contribution in [1.82, 2.24) is 4.98 Å². The topological polar surface area (TPSA) is 80.1 Å². The molecular weight excluding hydrogens is 209 g/mol. The van der Waals surface area contributed by atoms with Gasteiger partial charge in [-0.05, 0) is 23.2 Å². The summed E-state index contributed by atoms with van der Waals surface area (Å²) in [5, 5.41) is 0. The lowest BCUT2D eigenvalue weighted by molar-refractivity contribution is 0.275. The minimum atomic E-state index is -0.889. The van der Waals surface area contributed by atoms with Crippen LogP contribution in [0.3, 0.4) is 0 Å². The number of hydrogen-bond donors (Lipinski definition) is 1. The van der Waals surface area contributed by atoms with Crippen molar-refractivity contribution < 1.29 is 9.21 Å². The van der Waals surface area contributed by atoms with Crippen LogP contribution in [0, 0.1) is 0 Å². The highest BCUT2D eigenvalue weighted by Gasteiger charge is 1.80. The Labute approximate surface area is 75.9 Å². The first-order valence-corrected chi connectivity index (χ1v) is 3.31. The van der Waals surface area contributed by atoms with Gasteiger partial charge >= 0.3 is 10.5 Å². The van der Waals surface area contributed by atoms with E-state index in [1.807, 2.05) is 4.98 Å². The highest BCUT2D eigenvalue weighted by Crippen LogP contribution is 1.84. The lowest BCUT2D eigenvalue weighted by Crippen LogP contribution is -2.15. The fourth-order valence-corrected chi connectivity index (χ4v) is 0.329. The molecule has 66 valence electrons. The van der Waals surface area contributed by atoms with Crippen LogP contribution in [-0.4, -0.2) is 9.69 Å². The highest BCUT2D eigenvalue weighted by molar-refractivity contribution is 6.93. The van der Waals surface area contributed by atoms with Gasteiger partial charge in [-0.2, -0.15) is 0 Å². The Hall–Kier alpha value is -1.07. The molecule has 0 unspecified atom stereocenters. The molecule has 0 aromatic carbocycles. The third-order valence-electron chi connectivity index (χ3n) is 0.620. The van der Waals surface area contributed by atoms with E-state index in [0.29, 0.717) is 0 Å². The molecule has 0 aliphatic rings. The van der Waals surface area contributed by atoms with Gasteiger partial charge in [0.05, 0.1) is 0 Å². The molecule has 0 saturated heterocycles. The number of nitrogens with one attached hydrogen (secondary N) is 1. The van der Waals surface area contributed by atoms with Gasteiger partial charge < -0.3 is 4.42 Å². The number of aromatic amines is 1. The Kier molecular flexibility index (Phi) is 5.07. The molecule has 0 saturated carbocycles. The normalized spacial score (nSPS) is 8.17. The lowest BCUT2D eigenvalue weighted by atomic mass is 10.7. The van der Waals surface area contributed by atoms with Crippen molar-refractivity contribution in [1.29, 1.82) is 0 Å². The van der Waals surface area contributed by atoms with Crippen molar-refractivity contribution in [2.45, 2.75) is 0 Å². The Balaban J connectivity index is 0.000000261. The molecule has 0 amide bonds. The zero-order valence-electron chi connectivity index (χ0n) is 5.54. The van der Waals surface area contributed by atoms with Crippen molar-refractivity contribution in [3.8, 4) is 0 Å². The number of rotatable bonds is 0. The predicted octanol–water partition coefficient (Wildman–Crippen LogP) is 0.912. The molecule has 7 heteroatoms. The summed E-state index contributed by atoms with van der Waals surface area (Å²) in [7, 11) is 0. The van der Waals surface area contributed by atoms with Crippen LogP contribution in [0.4, 0.5) is 4.79 Å². The number of H-pyrrole nitrogens is 1. The van der Waals surface area contributed by atoms with E-state index in [9.17, 15) is 9.59 Å². The minimum Gasteiger partial charge on any atom is -0.418 e. The Morgan fingerprint density at radius 1 is 1.42 bits per heavy atom. The SMILES string of the molecule is O=C(Cl)Cl.O=c1ccoc(=O)[nH]1. The number of halogens is 2. The molecule has 5 nitrogen and oxygen atoms in total. The average Bonchev–Trinajstić information content (AvgIpc) is 1.84. The summed E-state index contributed by atoms with van der Waals surface area (Å²) in [6.07, 6.45) is 1.04. The van der Waals surface area contributed by atoms with Gasteiger partial charge in [-0.1, -0.05) is 0 Å². The van der Waals surface area contributed by atoms with Gasteiger partial charge in [0.15, 0.2) is 0 Å². The fraction of sp³-hybridized carbons (Fsp3) is 0. The molecule has 0 radical (unpaired) electrons. The molecule has 0 atom stereocenters. The van der Waals surface area contributed by atoms with E-state index in [2.05, 4.69) is 27.6 Å². The van der Waals surface area contributed by atoms with Crippen LogP contribution in [0.5, 0.6) is 0 Å². The molecule has 0 fully saturated rings. The number of carbonyl (C=O) groups excluding carboxylic acids is 1. The maximum atomic E-state index is 10.2. The maximum absolute atomic E-state index is 10.2. The molecule has 0 aliphatic heterocycles. The first-order valence-electron chi connectivity index (χ1n) is 2.55. The molecule has 1 heterocycles. The summed E-state index contributed by atoms with van der Waals surface area (Å²) >= 11 is 8.80. The van der Waals surface area contributed by atoms with Crippen LogP contribution in [0.1, 0.15) is 0 Å². The third kappa shape index (κ3) is 7.04. The molecule has 12 heavy (non-hydrogen) atoms. The summed E-state index contributed by atoms with van der Waals surface area (Å²) in [5.74, 6) is -0.725. The lowest BCUT2D eigenvalue weighted by Gasteiger charge is -1.74. The largest absolute Gasteiger partial charge is 0.418 e. The Morgan fingerprint density at radius 3 is 2.17 bits per heavy atom. The van der Waals surface area contributed by atoms with Gasteiger partial charge in [-0.15, -0.1) is 0 Å². The molecule has 0 spiro atoms. The van der Waals surface area contributed by atoms with E-state index in [1.54, 1.807) is 0 Å². The quantitative estimate of drug-likeness (QED) is 0.648. The number of carbonyl (C=O) groups is 1. The van der Waals surface area contributed by atoms with Gasteiger partial charge in [0.1, 0.15) is 6.26 Å². The molecule has 1 rings (SSSR count). The van der Waals surface area contributed by atoms with Crippen LogP contribution < -0.4 is 11.3 Å². The molecule has 0 bridgehead atoms. The van der Waals surface area contributed by atoms with Crippen molar-refractivity contribution >= 4 is 27.9 Å². The van der Waals surface area contributed by atoms with Gasteiger partial charge in [-0.25, -0.2) is 4.79 Å². The second-order valence-corrected chi connectivity index (χ2v) is 2.30. The first kappa shape index (κ1) is 10.9. The molecule has 0 aliphatic carbocycles. The second kappa shape index (κ2) is 5.56. The predicted molar refractivity (Wildman–Crippen MR) is 42.7 cm³/mol. The summed E-state index contributed by atoms with van der Waals surface area (Å²) < 4.78 is 3.31. The van der Waals surface area contributed by atoms with Gasteiger partial charge in [0.25, 0.3) is 5.56 Å². The summed E-state index contributed by atoms with van der Waals surface area (Å²) in [4.78, 5) is 31.1. The van der Waals surface area contributed by atoms with Crippen LogP contribution in [0.15, 0.2) is 26.3 Å². The van der Waals surface area contributed by atoms with Crippen molar-refractivity contribution in [2.24, 2.45) is 0 Å². The summed E-state index contributed by atoms with van der Waals surface area (Å²) in [6, 6.07) is 1.13. The number of hydrogen-bond acceptors (Lipinski definition) is 4. The zero-order chi connectivity index (χ0) is 9.56. The molecule has 1 aromatic heterocycles. The average molecular weight is 212 g/mol. The first-order chi connectivity index (χ1) is 5.52. The van der Waals surface area contributed by atoms with E-state index in [0.717, 1.165) is 12.3 Å².